The molecule has 1 aliphatic heterocycles. The standard InChI is InChI=1S/C26H24ClFN6OS/c1-34(20-8-10-35-11-9-20)15-16-2-4-18(5-3-16)32-26-33-25-24(36-26)23(17(13-29)14-30-25)31-19-6-7-22(28)21(27)12-19/h2-7,12,14,20H,8-11,15H2,1H3,(H2,30,31,32,33). The molecule has 2 aromatic carbocycles. The minimum atomic E-state index is -0.506. The highest BCUT2D eigenvalue weighted by atomic mass is 35.5. The van der Waals surface area contributed by atoms with Crippen LogP contribution in [0.25, 0.3) is 10.3 Å². The summed E-state index contributed by atoms with van der Waals surface area (Å²) in [6, 6.07) is 15.3. The normalized spacial score (nSPS) is 14.2. The van der Waals surface area contributed by atoms with Crippen molar-refractivity contribution in [3.05, 3.63) is 70.6 Å². The van der Waals surface area contributed by atoms with Crippen LogP contribution in [0.15, 0.2) is 48.7 Å². The summed E-state index contributed by atoms with van der Waals surface area (Å²) in [6.45, 7) is 2.55. The van der Waals surface area contributed by atoms with E-state index in [2.05, 4.69) is 50.8 Å². The average molecular weight is 523 g/mol. The van der Waals surface area contributed by atoms with E-state index in [0.29, 0.717) is 38.5 Å². The van der Waals surface area contributed by atoms with Gasteiger partial charge in [-0.05, 0) is 55.8 Å². The number of benzene rings is 2. The van der Waals surface area contributed by atoms with Gasteiger partial charge in [0.25, 0.3) is 0 Å². The van der Waals surface area contributed by atoms with Crippen molar-refractivity contribution in [1.82, 2.24) is 14.9 Å². The zero-order valence-corrected chi connectivity index (χ0v) is 21.2. The molecule has 2 aromatic heterocycles. The lowest BCUT2D eigenvalue weighted by Gasteiger charge is -2.31. The van der Waals surface area contributed by atoms with Gasteiger partial charge in [0.15, 0.2) is 10.8 Å². The highest BCUT2D eigenvalue weighted by Gasteiger charge is 2.19. The van der Waals surface area contributed by atoms with E-state index in [-0.39, 0.29) is 5.02 Å². The summed E-state index contributed by atoms with van der Waals surface area (Å²) in [5.74, 6) is -0.506. The van der Waals surface area contributed by atoms with Crippen LogP contribution in [0.2, 0.25) is 5.02 Å². The number of aromatic nitrogens is 2. The second-order valence-corrected chi connectivity index (χ2v) is 10.1. The van der Waals surface area contributed by atoms with Gasteiger partial charge in [-0.25, -0.2) is 9.37 Å². The fourth-order valence-electron chi connectivity index (χ4n) is 4.22. The molecule has 0 amide bonds. The summed E-state index contributed by atoms with van der Waals surface area (Å²) in [5.41, 5.74) is 4.13. The van der Waals surface area contributed by atoms with Crippen molar-refractivity contribution < 1.29 is 9.13 Å². The van der Waals surface area contributed by atoms with Crippen LogP contribution in [0.1, 0.15) is 24.0 Å². The van der Waals surface area contributed by atoms with E-state index < -0.39 is 5.82 Å². The molecule has 1 saturated heterocycles. The van der Waals surface area contributed by atoms with Crippen LogP contribution in [0.3, 0.4) is 0 Å². The van der Waals surface area contributed by atoms with Crippen LogP contribution >= 0.6 is 22.9 Å². The SMILES string of the molecule is CN(Cc1ccc(Nc2nc3ncc(C#N)c(Nc4ccc(F)c(Cl)c4)c3s2)cc1)C1CCOCC1. The van der Waals surface area contributed by atoms with Crippen molar-refractivity contribution in [2.75, 3.05) is 30.9 Å². The van der Waals surface area contributed by atoms with Crippen molar-refractivity contribution in [3.63, 3.8) is 0 Å². The van der Waals surface area contributed by atoms with Crippen LogP contribution in [-0.4, -0.2) is 41.2 Å². The van der Waals surface area contributed by atoms with E-state index in [0.717, 1.165) is 38.3 Å². The maximum Gasteiger partial charge on any atom is 0.189 e. The van der Waals surface area contributed by atoms with Crippen LogP contribution in [0.5, 0.6) is 0 Å². The van der Waals surface area contributed by atoms with E-state index in [1.165, 1.54) is 35.2 Å². The second-order valence-electron chi connectivity index (χ2n) is 8.66. The fourth-order valence-corrected chi connectivity index (χ4v) is 5.34. The number of hydrogen-bond donors (Lipinski definition) is 2. The van der Waals surface area contributed by atoms with Gasteiger partial charge in [0, 0.05) is 43.4 Å². The molecule has 0 atom stereocenters. The molecule has 7 nitrogen and oxygen atoms in total. The molecular weight excluding hydrogens is 499 g/mol. The number of ether oxygens (including phenoxy) is 1. The van der Waals surface area contributed by atoms with Crippen LogP contribution in [0.4, 0.5) is 26.6 Å². The highest BCUT2D eigenvalue weighted by Crippen LogP contribution is 2.36. The number of fused-ring (bicyclic) bond motifs is 1. The van der Waals surface area contributed by atoms with Gasteiger partial charge < -0.3 is 15.4 Å². The first-order chi connectivity index (χ1) is 17.5. The molecule has 0 radical (unpaired) electrons. The molecule has 0 bridgehead atoms. The molecule has 0 unspecified atom stereocenters. The lowest BCUT2D eigenvalue weighted by molar-refractivity contribution is 0.0407. The number of hydrogen-bond acceptors (Lipinski definition) is 8. The highest BCUT2D eigenvalue weighted by molar-refractivity contribution is 7.22. The summed E-state index contributed by atoms with van der Waals surface area (Å²) in [7, 11) is 2.16. The molecule has 1 aliphatic rings. The van der Waals surface area contributed by atoms with Crippen molar-refractivity contribution in [3.8, 4) is 6.07 Å². The maximum atomic E-state index is 13.6. The Labute approximate surface area is 217 Å². The minimum absolute atomic E-state index is 0.00198. The third-order valence-corrected chi connectivity index (χ3v) is 7.45. The van der Waals surface area contributed by atoms with E-state index in [9.17, 15) is 9.65 Å². The van der Waals surface area contributed by atoms with Gasteiger partial charge in [-0.15, -0.1) is 0 Å². The number of thiazole rings is 1. The molecule has 4 aromatic rings. The van der Waals surface area contributed by atoms with Crippen molar-refractivity contribution in [2.24, 2.45) is 0 Å². The number of nitrogens with one attached hydrogen (secondary N) is 2. The van der Waals surface area contributed by atoms with Gasteiger partial charge in [-0.1, -0.05) is 35.1 Å². The number of pyridine rings is 1. The van der Waals surface area contributed by atoms with Gasteiger partial charge in [-0.3, -0.25) is 4.90 Å². The molecule has 5 rings (SSSR count). The number of nitriles is 1. The second kappa shape index (κ2) is 10.8. The third kappa shape index (κ3) is 5.42. The predicted molar refractivity (Wildman–Crippen MR) is 142 cm³/mol. The largest absolute Gasteiger partial charge is 0.381 e. The Morgan fingerprint density at radius 2 is 1.92 bits per heavy atom. The molecule has 2 N–H and O–H groups in total. The summed E-state index contributed by atoms with van der Waals surface area (Å²) in [4.78, 5) is 11.3. The number of halogens is 2. The van der Waals surface area contributed by atoms with Crippen molar-refractivity contribution >= 4 is 55.5 Å². The monoisotopic (exact) mass is 522 g/mol. The zero-order valence-electron chi connectivity index (χ0n) is 19.6. The quantitative estimate of drug-likeness (QED) is 0.288. The van der Waals surface area contributed by atoms with Gasteiger partial charge in [0.2, 0.25) is 0 Å². The van der Waals surface area contributed by atoms with E-state index in [4.69, 9.17) is 16.3 Å². The molecule has 0 saturated carbocycles. The summed E-state index contributed by atoms with van der Waals surface area (Å²) < 4.78 is 19.8. The Balaban J connectivity index is 1.33. The Bertz CT molecular complexity index is 1410. The summed E-state index contributed by atoms with van der Waals surface area (Å²) in [6.07, 6.45) is 3.61. The lowest BCUT2D eigenvalue weighted by Crippen LogP contribution is -2.36. The molecule has 184 valence electrons. The molecule has 0 spiro atoms. The molecule has 3 heterocycles. The number of nitrogens with zero attached hydrogens (tertiary/aromatic N) is 4. The average Bonchev–Trinajstić information content (AvgIpc) is 3.31. The Morgan fingerprint density at radius 3 is 2.64 bits per heavy atom. The Hall–Kier alpha value is -3.29. The number of anilines is 4. The van der Waals surface area contributed by atoms with Crippen LogP contribution in [-0.2, 0) is 11.3 Å². The fraction of sp³-hybridized carbons (Fsp3) is 0.269. The molecule has 36 heavy (non-hydrogen) atoms. The van der Waals surface area contributed by atoms with Crippen molar-refractivity contribution in [1.29, 1.82) is 5.26 Å². The summed E-state index contributed by atoms with van der Waals surface area (Å²) >= 11 is 7.31. The van der Waals surface area contributed by atoms with E-state index >= 15 is 0 Å². The summed E-state index contributed by atoms with van der Waals surface area (Å²) in [5, 5.41) is 16.8. The first-order valence-electron chi connectivity index (χ1n) is 11.6. The van der Waals surface area contributed by atoms with Crippen LogP contribution in [0, 0.1) is 17.1 Å². The topological polar surface area (TPSA) is 86.1 Å². The van der Waals surface area contributed by atoms with E-state index in [1.807, 2.05) is 12.1 Å². The van der Waals surface area contributed by atoms with Gasteiger partial charge in [-0.2, -0.15) is 10.2 Å². The number of rotatable bonds is 7. The predicted octanol–water partition coefficient (Wildman–Crippen LogP) is 6.45. The Morgan fingerprint density at radius 1 is 1.17 bits per heavy atom. The van der Waals surface area contributed by atoms with E-state index in [1.54, 1.807) is 6.07 Å². The maximum absolute atomic E-state index is 13.6. The smallest absolute Gasteiger partial charge is 0.189 e. The minimum Gasteiger partial charge on any atom is -0.381 e. The zero-order chi connectivity index (χ0) is 25.1. The van der Waals surface area contributed by atoms with Crippen molar-refractivity contribution in [2.45, 2.75) is 25.4 Å². The van der Waals surface area contributed by atoms with Gasteiger partial charge >= 0.3 is 0 Å². The molecule has 1 fully saturated rings. The first-order valence-corrected chi connectivity index (χ1v) is 12.8. The van der Waals surface area contributed by atoms with Crippen LogP contribution < -0.4 is 10.6 Å². The molecule has 10 heteroatoms. The molecule has 0 aliphatic carbocycles. The Kier molecular flexibility index (Phi) is 7.30. The lowest BCUT2D eigenvalue weighted by atomic mass is 10.1. The third-order valence-electron chi connectivity index (χ3n) is 6.18. The van der Waals surface area contributed by atoms with Gasteiger partial charge in [0.05, 0.1) is 16.3 Å². The van der Waals surface area contributed by atoms with Gasteiger partial charge in [0.1, 0.15) is 16.6 Å². The first kappa shape index (κ1) is 24.4. The molecular formula is C26H24ClFN6OS.